The predicted molar refractivity (Wildman–Crippen MR) is 305 cm³/mol. The summed E-state index contributed by atoms with van der Waals surface area (Å²) in [6, 6.07) is 17.2. The topological polar surface area (TPSA) is 226 Å². The number of thiazole rings is 2. The number of hydrogen-bond donors (Lipinski definition) is 5. The molecule has 4 aromatic carbocycles. The molecular formula is C60H69N5O12S2. The van der Waals surface area contributed by atoms with Crippen LogP contribution in [0.4, 0.5) is 10.3 Å². The van der Waals surface area contributed by atoms with Crippen LogP contribution in [0.5, 0.6) is 46.0 Å². The number of fused-ring (bicyclic) bond motifs is 10. The van der Waals surface area contributed by atoms with Gasteiger partial charge in [0.1, 0.15) is 34.1 Å². The summed E-state index contributed by atoms with van der Waals surface area (Å²) >= 11 is 2.88. The van der Waals surface area contributed by atoms with E-state index in [-0.39, 0.29) is 48.3 Å². The first-order valence-corrected chi connectivity index (χ1v) is 28.1. The number of nitrogens with zero attached hydrogens (tertiary/aromatic N) is 2. The first kappa shape index (κ1) is 57.7. The number of carboxylic acid groups (broad SMARTS) is 2. The lowest BCUT2D eigenvalue weighted by Crippen LogP contribution is -2.47. The Hall–Kier alpha value is -7.48. The standard InChI is InChI=1S/C30H32N2O6S.C29H33N3O6S.CH4/c1-30-12-7-8-19-14-25(36-2)26(16-23(19)30)38-21-10-11-22(28(34)35)24(15-21)37-13-6-4-3-5-9-20-18-39-29(31-20)32-27(33)17-30;1-29-16-26(33)32-28-31-19(17-39-28)7-5-3-4-6-12-37-23-14-20(8-9-21(23)27(34)35)38-25-15-22(29)18(10-11-30-29)13-24(25)36-2;/h3-4,10-11,14-16,18H,5-9,12-13,17H2,1-2H3,(H,34,35)(H,31,32,33);8-9,13-15,17,30H,3-7,10-12,16H2,1-2H3,(H,34,35)(H,31,32,33);1H4/b4-3+;;/t30-;29-;/m11./s1. The van der Waals surface area contributed by atoms with E-state index in [1.54, 1.807) is 38.5 Å². The number of nitrogens with one attached hydrogen (secondary N) is 3. The molecule has 2 atom stereocenters. The molecule has 0 radical (unpaired) electrons. The van der Waals surface area contributed by atoms with Crippen molar-refractivity contribution in [3.8, 4) is 46.0 Å². The van der Waals surface area contributed by atoms with Crippen LogP contribution in [0.1, 0.15) is 140 Å². The van der Waals surface area contributed by atoms with E-state index in [1.807, 2.05) is 48.0 Å². The highest BCUT2D eigenvalue weighted by atomic mass is 32.1. The number of amides is 2. The molecule has 0 unspecified atom stereocenters. The summed E-state index contributed by atoms with van der Waals surface area (Å²) in [6.45, 7) is 5.58. The summed E-state index contributed by atoms with van der Waals surface area (Å²) in [5.74, 6) is 1.16. The van der Waals surface area contributed by atoms with Crippen molar-refractivity contribution in [2.45, 2.75) is 122 Å². The summed E-state index contributed by atoms with van der Waals surface area (Å²) < 4.78 is 35.6. The maximum absolute atomic E-state index is 13.2. The molecule has 0 fully saturated rings. The Morgan fingerprint density at radius 1 is 0.620 bits per heavy atom. The quantitative estimate of drug-likeness (QED) is 0.103. The van der Waals surface area contributed by atoms with Crippen LogP contribution >= 0.6 is 22.7 Å². The summed E-state index contributed by atoms with van der Waals surface area (Å²) in [7, 11) is 3.17. The maximum atomic E-state index is 13.2. The highest BCUT2D eigenvalue weighted by Crippen LogP contribution is 2.47. The van der Waals surface area contributed by atoms with Gasteiger partial charge in [-0.3, -0.25) is 9.59 Å². The second-order valence-corrected chi connectivity index (χ2v) is 22.0. The maximum Gasteiger partial charge on any atom is 0.339 e. The number of aromatic nitrogens is 2. The fourth-order valence-electron chi connectivity index (χ4n) is 10.5. The lowest BCUT2D eigenvalue weighted by molar-refractivity contribution is -0.118. The second-order valence-electron chi connectivity index (χ2n) is 20.3. The molecule has 0 saturated carbocycles. The van der Waals surface area contributed by atoms with Crippen LogP contribution in [0.3, 0.4) is 0 Å². The van der Waals surface area contributed by atoms with E-state index in [0.717, 1.165) is 111 Å². The minimum atomic E-state index is -1.07. The molecule has 2 amide bonds. The Morgan fingerprint density at radius 3 is 1.80 bits per heavy atom. The van der Waals surface area contributed by atoms with Crippen molar-refractivity contribution < 1.29 is 57.8 Å². The average molecular weight is 1120 g/mol. The first-order chi connectivity index (χ1) is 37.7. The zero-order chi connectivity index (χ0) is 54.8. The third kappa shape index (κ3) is 14.2. The number of ether oxygens (including phenoxy) is 6. The van der Waals surface area contributed by atoms with Gasteiger partial charge in [0.05, 0.1) is 38.8 Å². The summed E-state index contributed by atoms with van der Waals surface area (Å²) in [4.78, 5) is 59.1. The SMILES string of the molecule is C.COc1cc2c3cc1Oc1ccc(C(=O)O)c(c1)OCC/C=C/CCc1csc(n1)NC(=O)C[C@@]3(C)CCC2.COc1cc2c3cc1Oc1ccc(C(=O)O)c(c1)OCCCCCCc1csc(n1)NC(=O)C[C@@]3(C)NCC2. The molecule has 19 heteroatoms. The monoisotopic (exact) mass is 1120 g/mol. The van der Waals surface area contributed by atoms with Crippen LogP contribution in [-0.4, -0.2) is 77.9 Å². The van der Waals surface area contributed by atoms with E-state index in [9.17, 15) is 29.4 Å². The normalized spacial score (nSPS) is 19.9. The van der Waals surface area contributed by atoms with Gasteiger partial charge >= 0.3 is 11.9 Å². The number of rotatable bonds is 4. The Bertz CT molecular complexity index is 3210. The van der Waals surface area contributed by atoms with Crippen LogP contribution in [0.15, 0.2) is 83.6 Å². The molecule has 5 N–H and O–H groups in total. The molecule has 4 aliphatic rings. The Morgan fingerprint density at radius 2 is 1.18 bits per heavy atom. The van der Waals surface area contributed by atoms with Crippen molar-refractivity contribution in [2.24, 2.45) is 0 Å². The van der Waals surface area contributed by atoms with E-state index < -0.39 is 22.9 Å². The number of hydrogen-bond acceptors (Lipinski definition) is 15. The van der Waals surface area contributed by atoms with E-state index >= 15 is 0 Å². The van der Waals surface area contributed by atoms with Gasteiger partial charge in [0, 0.05) is 53.2 Å². The number of carbonyl (C=O) groups excluding carboxylic acids is 2. The second kappa shape index (κ2) is 26.0. The van der Waals surface area contributed by atoms with Crippen molar-refractivity contribution in [3.63, 3.8) is 0 Å². The van der Waals surface area contributed by atoms with Gasteiger partial charge in [0.2, 0.25) is 11.8 Å². The molecule has 12 bridgehead atoms. The molecule has 3 aliphatic heterocycles. The smallest absolute Gasteiger partial charge is 0.339 e. The van der Waals surface area contributed by atoms with Crippen LogP contribution in [-0.2, 0) is 46.2 Å². The minimum absolute atomic E-state index is 0. The van der Waals surface area contributed by atoms with Crippen LogP contribution in [0.2, 0.25) is 0 Å². The summed E-state index contributed by atoms with van der Waals surface area (Å²) in [5, 5.41) is 34.1. The van der Waals surface area contributed by atoms with Gasteiger partial charge in [-0.2, -0.15) is 0 Å². The Balaban J connectivity index is 0.000000205. The van der Waals surface area contributed by atoms with Gasteiger partial charge in [-0.15, -0.1) is 22.7 Å². The molecule has 6 aromatic rings. The predicted octanol–water partition coefficient (Wildman–Crippen LogP) is 12.7. The van der Waals surface area contributed by atoms with E-state index in [4.69, 9.17) is 28.4 Å². The first-order valence-electron chi connectivity index (χ1n) is 26.4. The molecule has 2 aromatic heterocycles. The molecule has 79 heavy (non-hydrogen) atoms. The molecule has 1 aliphatic carbocycles. The highest BCUT2D eigenvalue weighted by molar-refractivity contribution is 7.14. The van der Waals surface area contributed by atoms with Gasteiger partial charge in [-0.05, 0) is 142 Å². The molecule has 17 nitrogen and oxygen atoms in total. The highest BCUT2D eigenvalue weighted by Gasteiger charge is 2.37. The van der Waals surface area contributed by atoms with E-state index in [1.165, 1.54) is 34.8 Å². The number of aromatic carboxylic acids is 2. The van der Waals surface area contributed by atoms with Gasteiger partial charge in [-0.25, -0.2) is 19.6 Å². The van der Waals surface area contributed by atoms with Crippen molar-refractivity contribution >= 4 is 56.7 Å². The molecule has 5 heterocycles. The van der Waals surface area contributed by atoms with Crippen LogP contribution in [0.25, 0.3) is 0 Å². The van der Waals surface area contributed by atoms with Gasteiger partial charge in [0.25, 0.3) is 0 Å². The number of carboxylic acids is 2. The summed E-state index contributed by atoms with van der Waals surface area (Å²) in [5.41, 5.74) is 5.24. The number of aryl methyl sites for hydroxylation is 3. The number of anilines is 2. The number of benzene rings is 4. The van der Waals surface area contributed by atoms with Crippen LogP contribution in [0, 0.1) is 0 Å². The molecule has 0 spiro atoms. The average Bonchev–Trinajstić information content (AvgIpc) is 4.08. The lowest BCUT2D eigenvalue weighted by atomic mass is 9.69. The number of carbonyl (C=O) groups is 4. The molecule has 10 rings (SSSR count). The lowest BCUT2D eigenvalue weighted by Gasteiger charge is -2.37. The van der Waals surface area contributed by atoms with E-state index in [2.05, 4.69) is 38.9 Å². The molecule has 0 saturated heterocycles. The summed E-state index contributed by atoms with van der Waals surface area (Å²) in [6.07, 6.45) is 14.8. The Labute approximate surface area is 468 Å². The Kier molecular flexibility index (Phi) is 19.0. The minimum Gasteiger partial charge on any atom is -0.493 e. The number of methoxy groups -OCH3 is 2. The van der Waals surface area contributed by atoms with Crippen molar-refractivity contribution in [3.05, 3.63) is 128 Å². The largest absolute Gasteiger partial charge is 0.493 e. The zero-order valence-corrected chi connectivity index (χ0v) is 45.9. The molecule has 418 valence electrons. The number of allylic oxidation sites excluding steroid dienone is 1. The molecular weight excluding hydrogens is 1050 g/mol. The van der Waals surface area contributed by atoms with Crippen molar-refractivity contribution in [1.82, 2.24) is 15.3 Å². The zero-order valence-electron chi connectivity index (χ0n) is 44.3. The van der Waals surface area contributed by atoms with Crippen molar-refractivity contribution in [2.75, 3.05) is 44.6 Å². The fourth-order valence-corrected chi connectivity index (χ4v) is 12.0. The van der Waals surface area contributed by atoms with E-state index in [0.29, 0.717) is 70.8 Å². The van der Waals surface area contributed by atoms with Gasteiger partial charge in [-0.1, -0.05) is 39.3 Å². The van der Waals surface area contributed by atoms with Crippen LogP contribution < -0.4 is 44.4 Å². The third-order valence-corrected chi connectivity index (χ3v) is 16.1. The fraction of sp³-hybridized carbons (Fsp3) is 0.400. The van der Waals surface area contributed by atoms with Crippen molar-refractivity contribution in [1.29, 1.82) is 0 Å². The van der Waals surface area contributed by atoms with Gasteiger partial charge in [0.15, 0.2) is 33.3 Å². The van der Waals surface area contributed by atoms with Gasteiger partial charge < -0.3 is 54.6 Å². The third-order valence-electron chi connectivity index (χ3n) is 14.5.